The predicted octanol–water partition coefficient (Wildman–Crippen LogP) is 0.890. The monoisotopic (exact) mass is 328 g/mol. The lowest BCUT2D eigenvalue weighted by Crippen LogP contribution is -2.33. The second-order valence-corrected chi connectivity index (χ2v) is 6.11. The summed E-state index contributed by atoms with van der Waals surface area (Å²) in [5.41, 5.74) is 2.17. The fraction of sp³-hybridized carbons (Fsp3) is 0.267. The number of fused-ring (bicyclic) bond motifs is 1. The Morgan fingerprint density at radius 2 is 2.09 bits per heavy atom. The molecule has 0 radical (unpaired) electrons. The first-order chi connectivity index (χ1) is 11.2. The van der Waals surface area contributed by atoms with Gasteiger partial charge in [-0.25, -0.2) is 14.6 Å². The molecule has 0 amide bonds. The summed E-state index contributed by atoms with van der Waals surface area (Å²) < 4.78 is 1.68. The number of benzene rings is 1. The van der Waals surface area contributed by atoms with Gasteiger partial charge in [0.25, 0.3) is 0 Å². The number of hydrogen-bond acceptors (Lipinski definition) is 7. The molecule has 3 rings (SSSR count). The number of aliphatic carboxylic acids is 1. The van der Waals surface area contributed by atoms with E-state index in [0.717, 1.165) is 17.3 Å². The number of carboxylic acid groups (broad SMARTS) is 1. The van der Waals surface area contributed by atoms with Gasteiger partial charge in [-0.15, -0.1) is 5.10 Å². The van der Waals surface area contributed by atoms with Crippen LogP contribution in [0.2, 0.25) is 0 Å². The van der Waals surface area contributed by atoms with E-state index in [0.29, 0.717) is 29.2 Å². The van der Waals surface area contributed by atoms with Crippen molar-refractivity contribution >= 4 is 28.9 Å². The zero-order valence-electron chi connectivity index (χ0n) is 12.4. The van der Waals surface area contributed by atoms with Gasteiger partial charge < -0.3 is 9.90 Å². The van der Waals surface area contributed by atoms with Crippen LogP contribution in [0.25, 0.3) is 11.2 Å². The van der Waals surface area contributed by atoms with Gasteiger partial charge in [0.05, 0.1) is 17.8 Å². The van der Waals surface area contributed by atoms with Crippen molar-refractivity contribution in [2.45, 2.75) is 30.2 Å². The zero-order chi connectivity index (χ0) is 16.2. The van der Waals surface area contributed by atoms with Gasteiger partial charge >= 0.3 is 0 Å². The summed E-state index contributed by atoms with van der Waals surface area (Å²) in [7, 11) is 0. The molecular weight excluding hydrogens is 314 g/mol. The van der Waals surface area contributed by atoms with E-state index in [1.165, 1.54) is 6.33 Å². The molecular formula is C15H14N5O2S-. The molecule has 0 saturated heterocycles. The van der Waals surface area contributed by atoms with Gasteiger partial charge in [-0.05, 0) is 12.0 Å². The summed E-state index contributed by atoms with van der Waals surface area (Å²) in [6, 6.07) is 9.85. The maximum absolute atomic E-state index is 11.1. The topological polar surface area (TPSA) is 96.6 Å². The molecule has 0 unspecified atom stereocenters. The normalized spacial score (nSPS) is 12.4. The Bertz CT molecular complexity index is 821. The first kappa shape index (κ1) is 15.4. The van der Waals surface area contributed by atoms with Gasteiger partial charge in [-0.2, -0.15) is 0 Å². The quantitative estimate of drug-likeness (QED) is 0.489. The van der Waals surface area contributed by atoms with E-state index in [2.05, 4.69) is 20.3 Å². The fourth-order valence-corrected chi connectivity index (χ4v) is 3.04. The zero-order valence-corrected chi connectivity index (χ0v) is 13.2. The van der Waals surface area contributed by atoms with Gasteiger partial charge in [0.2, 0.25) is 0 Å². The van der Waals surface area contributed by atoms with Crippen LogP contribution in [0.4, 0.5) is 0 Å². The first-order valence-corrected chi connectivity index (χ1v) is 8.02. The number of carboxylic acids is 1. The SMILES string of the molecule is CC[C@@H](Sc1ncnc2c1nnn2Cc1ccccc1)C(=O)[O-]. The molecule has 0 spiro atoms. The summed E-state index contributed by atoms with van der Waals surface area (Å²) in [6.45, 7) is 2.33. The number of thioether (sulfide) groups is 1. The molecule has 1 aromatic carbocycles. The van der Waals surface area contributed by atoms with Gasteiger partial charge in [-0.3, -0.25) is 0 Å². The number of nitrogens with zero attached hydrogens (tertiary/aromatic N) is 5. The van der Waals surface area contributed by atoms with E-state index >= 15 is 0 Å². The highest BCUT2D eigenvalue weighted by molar-refractivity contribution is 8.00. The Hall–Kier alpha value is -2.48. The molecule has 0 aliphatic carbocycles. The molecule has 23 heavy (non-hydrogen) atoms. The molecule has 0 saturated carbocycles. The average molecular weight is 328 g/mol. The summed E-state index contributed by atoms with van der Waals surface area (Å²) >= 11 is 1.12. The van der Waals surface area contributed by atoms with Crippen LogP contribution in [0.3, 0.4) is 0 Å². The maximum Gasteiger partial charge on any atom is 0.183 e. The molecule has 2 heterocycles. The molecule has 0 bridgehead atoms. The Morgan fingerprint density at radius 3 is 2.78 bits per heavy atom. The number of aromatic nitrogens is 5. The third-order valence-corrected chi connectivity index (χ3v) is 4.66. The van der Waals surface area contributed by atoms with Crippen molar-refractivity contribution in [2.75, 3.05) is 0 Å². The van der Waals surface area contributed by atoms with E-state index in [4.69, 9.17) is 0 Å². The molecule has 3 aromatic rings. The Kier molecular flexibility index (Phi) is 4.52. The smallest absolute Gasteiger partial charge is 0.183 e. The fourth-order valence-electron chi connectivity index (χ4n) is 2.15. The Balaban J connectivity index is 1.92. The van der Waals surface area contributed by atoms with Crippen LogP contribution in [-0.4, -0.2) is 36.2 Å². The standard InChI is InChI=1S/C15H15N5O2S/c1-2-11(15(21)22)23-14-12-13(16-9-17-14)20(19-18-12)8-10-6-4-3-5-7-10/h3-7,9,11H,2,8H2,1H3,(H,21,22)/p-1/t11-/m1/s1. The van der Waals surface area contributed by atoms with Gasteiger partial charge in [0, 0.05) is 0 Å². The first-order valence-electron chi connectivity index (χ1n) is 7.14. The molecule has 7 nitrogen and oxygen atoms in total. The molecule has 0 aliphatic heterocycles. The lowest BCUT2D eigenvalue weighted by molar-refractivity contribution is -0.304. The van der Waals surface area contributed by atoms with Crippen molar-refractivity contribution in [3.05, 3.63) is 42.2 Å². The van der Waals surface area contributed by atoms with Crippen LogP contribution in [0, 0.1) is 0 Å². The third kappa shape index (κ3) is 3.31. The summed E-state index contributed by atoms with van der Waals surface area (Å²) in [5.74, 6) is -1.11. The molecule has 0 fully saturated rings. The third-order valence-electron chi connectivity index (χ3n) is 3.33. The van der Waals surface area contributed by atoms with Crippen LogP contribution in [-0.2, 0) is 11.3 Å². The maximum atomic E-state index is 11.1. The van der Waals surface area contributed by atoms with Crippen molar-refractivity contribution in [1.29, 1.82) is 0 Å². The summed E-state index contributed by atoms with van der Waals surface area (Å²) in [6.07, 6.45) is 1.84. The van der Waals surface area contributed by atoms with Crippen molar-refractivity contribution in [3.63, 3.8) is 0 Å². The van der Waals surface area contributed by atoms with Gasteiger partial charge in [0.15, 0.2) is 11.2 Å². The lowest BCUT2D eigenvalue weighted by Gasteiger charge is -2.14. The van der Waals surface area contributed by atoms with Crippen LogP contribution >= 0.6 is 11.8 Å². The second-order valence-electron chi connectivity index (χ2n) is 4.92. The summed E-state index contributed by atoms with van der Waals surface area (Å²) in [4.78, 5) is 19.5. The lowest BCUT2D eigenvalue weighted by atomic mass is 10.2. The van der Waals surface area contributed by atoms with Gasteiger partial charge in [-0.1, -0.05) is 54.2 Å². The largest absolute Gasteiger partial charge is 0.549 e. The van der Waals surface area contributed by atoms with Crippen LogP contribution < -0.4 is 5.11 Å². The Labute approximate surface area is 136 Å². The minimum absolute atomic E-state index is 0.441. The van der Waals surface area contributed by atoms with E-state index < -0.39 is 11.2 Å². The van der Waals surface area contributed by atoms with Crippen molar-refractivity contribution < 1.29 is 9.90 Å². The van der Waals surface area contributed by atoms with E-state index in [1.54, 1.807) is 11.6 Å². The molecule has 2 aromatic heterocycles. The van der Waals surface area contributed by atoms with Crippen LogP contribution in [0.5, 0.6) is 0 Å². The van der Waals surface area contributed by atoms with Crippen LogP contribution in [0.15, 0.2) is 41.7 Å². The molecule has 1 atom stereocenters. The number of carbonyl (C=O) groups excluding carboxylic acids is 1. The molecule has 0 N–H and O–H groups in total. The second kappa shape index (κ2) is 6.74. The van der Waals surface area contributed by atoms with E-state index in [9.17, 15) is 9.90 Å². The van der Waals surface area contributed by atoms with Crippen molar-refractivity contribution in [1.82, 2.24) is 25.0 Å². The Morgan fingerprint density at radius 1 is 1.30 bits per heavy atom. The number of rotatable bonds is 6. The van der Waals surface area contributed by atoms with Crippen LogP contribution in [0.1, 0.15) is 18.9 Å². The average Bonchev–Trinajstić information content (AvgIpc) is 2.97. The minimum Gasteiger partial charge on any atom is -0.549 e. The number of hydrogen-bond donors (Lipinski definition) is 0. The highest BCUT2D eigenvalue weighted by Crippen LogP contribution is 2.27. The molecule has 8 heteroatoms. The minimum atomic E-state index is -1.11. The van der Waals surface area contributed by atoms with Gasteiger partial charge in [0.1, 0.15) is 11.4 Å². The highest BCUT2D eigenvalue weighted by atomic mass is 32.2. The molecule has 118 valence electrons. The highest BCUT2D eigenvalue weighted by Gasteiger charge is 2.17. The number of carbonyl (C=O) groups is 1. The molecule has 0 aliphatic rings. The van der Waals surface area contributed by atoms with Crippen molar-refractivity contribution in [3.8, 4) is 0 Å². The summed E-state index contributed by atoms with van der Waals surface area (Å²) in [5, 5.41) is 19.2. The van der Waals surface area contributed by atoms with E-state index in [-0.39, 0.29) is 0 Å². The van der Waals surface area contributed by atoms with E-state index in [1.807, 2.05) is 30.3 Å². The van der Waals surface area contributed by atoms with Crippen molar-refractivity contribution in [2.24, 2.45) is 0 Å². The predicted molar refractivity (Wildman–Crippen MR) is 83.6 cm³/mol.